The van der Waals surface area contributed by atoms with Crippen LogP contribution in [0.4, 0.5) is 0 Å². The van der Waals surface area contributed by atoms with Crippen LogP contribution < -0.4 is 5.32 Å². The highest BCUT2D eigenvalue weighted by molar-refractivity contribution is 5.88. The number of imidazole rings is 1. The molecule has 1 aliphatic rings. The van der Waals surface area contributed by atoms with E-state index in [9.17, 15) is 29.7 Å². The number of cyclic esters (lactones) is 1. The maximum Gasteiger partial charge on any atom is 0.320 e. The number of carbonyl (C=O) groups is 3. The lowest BCUT2D eigenvalue weighted by atomic mass is 9.73. The molecule has 6 atom stereocenters. The van der Waals surface area contributed by atoms with Crippen LogP contribution >= 0.6 is 0 Å². The number of carboxylic acids is 1. The molecule has 3 rings (SSSR count). The number of aryl methyl sites for hydroxylation is 2. The molecule has 0 radical (unpaired) electrons. The third-order valence-corrected chi connectivity index (χ3v) is 8.97. The van der Waals surface area contributed by atoms with Crippen molar-refractivity contribution < 1.29 is 34.4 Å². The molecule has 0 bridgehead atoms. The molecule has 10 heteroatoms. The first-order chi connectivity index (χ1) is 18.6. The van der Waals surface area contributed by atoms with Crippen molar-refractivity contribution in [2.24, 2.45) is 24.3 Å². The topological polar surface area (TPSA) is 151 Å². The molecule has 1 fully saturated rings. The lowest BCUT2D eigenvalue weighted by molar-refractivity contribution is -0.168. The van der Waals surface area contributed by atoms with Crippen LogP contribution in [0.25, 0.3) is 11.0 Å². The van der Waals surface area contributed by atoms with Gasteiger partial charge in [-0.15, -0.1) is 0 Å². The van der Waals surface area contributed by atoms with Gasteiger partial charge in [-0.05, 0) is 62.8 Å². The predicted molar refractivity (Wildman–Crippen MR) is 151 cm³/mol. The summed E-state index contributed by atoms with van der Waals surface area (Å²) >= 11 is 0. The van der Waals surface area contributed by atoms with Crippen LogP contribution in [0.1, 0.15) is 78.1 Å². The van der Waals surface area contributed by atoms with Crippen molar-refractivity contribution in [1.29, 1.82) is 0 Å². The van der Waals surface area contributed by atoms with E-state index >= 15 is 0 Å². The maximum absolute atomic E-state index is 13.4. The smallest absolute Gasteiger partial charge is 0.320 e. The van der Waals surface area contributed by atoms with E-state index in [-0.39, 0.29) is 24.5 Å². The first-order valence-corrected chi connectivity index (χ1v) is 14.2. The number of fused-ring (bicyclic) bond motifs is 1. The van der Waals surface area contributed by atoms with Gasteiger partial charge < -0.3 is 29.9 Å². The molecule has 2 heterocycles. The van der Waals surface area contributed by atoms with E-state index in [2.05, 4.69) is 10.3 Å². The van der Waals surface area contributed by atoms with E-state index in [1.165, 1.54) is 0 Å². The Bertz CT molecular complexity index is 1240. The van der Waals surface area contributed by atoms with Crippen LogP contribution in [0.3, 0.4) is 0 Å². The number of hydrogen-bond acceptors (Lipinski definition) is 8. The van der Waals surface area contributed by atoms with E-state index in [1.54, 1.807) is 20.8 Å². The summed E-state index contributed by atoms with van der Waals surface area (Å²) in [6.07, 6.45) is -1.54. The quantitative estimate of drug-likeness (QED) is 0.416. The van der Waals surface area contributed by atoms with Gasteiger partial charge in [0.15, 0.2) is 0 Å². The molecule has 10 nitrogen and oxygen atoms in total. The maximum atomic E-state index is 13.4. The van der Waals surface area contributed by atoms with Crippen molar-refractivity contribution >= 4 is 28.8 Å². The number of nitrogens with zero attached hydrogens (tertiary/aromatic N) is 2. The van der Waals surface area contributed by atoms with Crippen molar-refractivity contribution in [3.05, 3.63) is 29.6 Å². The van der Waals surface area contributed by atoms with Gasteiger partial charge in [0.25, 0.3) is 0 Å². The van der Waals surface area contributed by atoms with Gasteiger partial charge in [-0.25, -0.2) is 4.98 Å². The number of aromatic nitrogens is 2. The summed E-state index contributed by atoms with van der Waals surface area (Å²) in [6, 6.07) is 4.74. The van der Waals surface area contributed by atoms with Gasteiger partial charge in [0, 0.05) is 13.0 Å². The number of benzene rings is 1. The standard InChI is InChI=1S/C30H45N3O7/c1-8-30(20-9-10-23-22(15-20)32-19(4)33(23)7)13-11-21(28(38)39)31-14-12-17(2)26(36)18(3)27(37)29(5,6)24(34)16-25(35)40-30/h9-10,15,17-18,21,24,26,31,34,36H,8,11-14,16H2,1-7H3,(H,38,39)/t17-,18+,21?,24-,26?,30-/m0/s1. The normalized spacial score (nSPS) is 31.2. The third-order valence-electron chi connectivity index (χ3n) is 8.97. The first kappa shape index (κ1) is 31.7. The summed E-state index contributed by atoms with van der Waals surface area (Å²) in [5, 5.41) is 34.9. The molecular formula is C30H45N3O7. The fourth-order valence-electron chi connectivity index (χ4n) is 5.73. The highest BCUT2D eigenvalue weighted by atomic mass is 16.6. The number of Topliss-reactive ketones (excluding diaryl/α,β-unsaturated/α-hetero) is 1. The number of aliphatic hydroxyl groups excluding tert-OH is 2. The zero-order valence-corrected chi connectivity index (χ0v) is 24.7. The molecule has 40 heavy (non-hydrogen) atoms. The molecule has 222 valence electrons. The van der Waals surface area contributed by atoms with Gasteiger partial charge in [0.1, 0.15) is 23.3 Å². The number of aliphatic hydroxyl groups is 2. The predicted octanol–water partition coefficient (Wildman–Crippen LogP) is 3.24. The van der Waals surface area contributed by atoms with Crippen LogP contribution in [0.5, 0.6) is 0 Å². The Kier molecular flexibility index (Phi) is 9.80. The Morgan fingerprint density at radius 3 is 2.50 bits per heavy atom. The SMILES string of the molecule is CC[C@@]1(c2ccc3c(c2)nc(C)n3C)CCC(C(=O)O)NCC[C@H](C)C(O)[C@@H](C)C(=O)C(C)(C)[C@@H](O)CC(=O)O1. The fraction of sp³-hybridized carbons (Fsp3) is 0.667. The number of ketones is 1. The van der Waals surface area contributed by atoms with Crippen LogP contribution in [-0.4, -0.2) is 67.4 Å². The molecule has 4 N–H and O–H groups in total. The van der Waals surface area contributed by atoms with Gasteiger partial charge in [-0.1, -0.05) is 40.7 Å². The third kappa shape index (κ3) is 6.39. The van der Waals surface area contributed by atoms with Gasteiger partial charge in [0.2, 0.25) is 0 Å². The molecule has 0 spiro atoms. The van der Waals surface area contributed by atoms with E-state index < -0.39 is 53.5 Å². The monoisotopic (exact) mass is 559 g/mol. The molecule has 2 unspecified atom stereocenters. The summed E-state index contributed by atoms with van der Waals surface area (Å²) in [5.74, 6) is -2.33. The van der Waals surface area contributed by atoms with Crippen LogP contribution in [-0.2, 0) is 31.8 Å². The van der Waals surface area contributed by atoms with Gasteiger partial charge in [-0.2, -0.15) is 0 Å². The minimum Gasteiger partial charge on any atom is -0.480 e. The average Bonchev–Trinajstić information content (AvgIpc) is 3.19. The van der Waals surface area contributed by atoms with Crippen molar-refractivity contribution in [3.63, 3.8) is 0 Å². The molecule has 0 aliphatic carbocycles. The van der Waals surface area contributed by atoms with E-state index in [0.29, 0.717) is 24.9 Å². The van der Waals surface area contributed by atoms with Crippen molar-refractivity contribution in [1.82, 2.24) is 14.9 Å². The summed E-state index contributed by atoms with van der Waals surface area (Å²) in [7, 11) is 1.92. The number of carbonyl (C=O) groups excluding carboxylic acids is 2. The zero-order valence-electron chi connectivity index (χ0n) is 24.7. The number of carboxylic acid groups (broad SMARTS) is 1. The van der Waals surface area contributed by atoms with Crippen LogP contribution in [0.15, 0.2) is 18.2 Å². The summed E-state index contributed by atoms with van der Waals surface area (Å²) in [6.45, 7) is 10.7. The van der Waals surface area contributed by atoms with Gasteiger partial charge in [0.05, 0.1) is 35.1 Å². The number of esters is 1. The van der Waals surface area contributed by atoms with Crippen LogP contribution in [0, 0.1) is 24.2 Å². The molecule has 0 amide bonds. The minimum atomic E-state index is -1.34. The molecular weight excluding hydrogens is 514 g/mol. The molecule has 1 aliphatic heterocycles. The second kappa shape index (κ2) is 12.4. The number of nitrogens with one attached hydrogen (secondary N) is 1. The van der Waals surface area contributed by atoms with Crippen molar-refractivity contribution in [3.8, 4) is 0 Å². The molecule has 1 saturated heterocycles. The largest absolute Gasteiger partial charge is 0.480 e. The Labute approximate surface area is 236 Å². The van der Waals surface area contributed by atoms with E-state index in [1.807, 2.05) is 50.6 Å². The molecule has 2 aromatic rings. The molecule has 1 aromatic carbocycles. The summed E-state index contributed by atoms with van der Waals surface area (Å²) in [5.41, 5.74) is -0.141. The second-order valence-corrected chi connectivity index (χ2v) is 12.0. The molecule has 1 aromatic heterocycles. The van der Waals surface area contributed by atoms with Gasteiger partial charge in [-0.3, -0.25) is 14.4 Å². The summed E-state index contributed by atoms with van der Waals surface area (Å²) < 4.78 is 8.10. The number of aliphatic carboxylic acids is 1. The van der Waals surface area contributed by atoms with E-state index in [4.69, 9.17) is 4.74 Å². The lowest BCUT2D eigenvalue weighted by Gasteiger charge is -2.37. The van der Waals surface area contributed by atoms with E-state index in [0.717, 1.165) is 16.9 Å². The highest BCUT2D eigenvalue weighted by Crippen LogP contribution is 2.38. The van der Waals surface area contributed by atoms with Crippen molar-refractivity contribution in [2.45, 2.75) is 97.5 Å². The average molecular weight is 560 g/mol. The van der Waals surface area contributed by atoms with Crippen molar-refractivity contribution in [2.75, 3.05) is 6.54 Å². The number of ether oxygens (including phenoxy) is 1. The van der Waals surface area contributed by atoms with Crippen LogP contribution in [0.2, 0.25) is 0 Å². The Balaban J connectivity index is 2.05. The molecule has 0 saturated carbocycles. The number of rotatable bonds is 3. The second-order valence-electron chi connectivity index (χ2n) is 12.0. The first-order valence-electron chi connectivity index (χ1n) is 14.2. The summed E-state index contributed by atoms with van der Waals surface area (Å²) in [4.78, 5) is 43.5. The lowest BCUT2D eigenvalue weighted by Crippen LogP contribution is -2.47. The zero-order chi connectivity index (χ0) is 30.0. The fourth-order valence-corrected chi connectivity index (χ4v) is 5.73. The minimum absolute atomic E-state index is 0.176. The Morgan fingerprint density at radius 2 is 1.88 bits per heavy atom. The van der Waals surface area contributed by atoms with Gasteiger partial charge >= 0.3 is 11.9 Å². The Morgan fingerprint density at radius 1 is 1.20 bits per heavy atom. The number of hydrogen-bond donors (Lipinski definition) is 4. The Hall–Kier alpha value is -2.82. The highest BCUT2D eigenvalue weighted by Gasteiger charge is 2.44.